The first-order chi connectivity index (χ1) is 18.1. The Hall–Kier alpha value is -4.02. The number of anilines is 2. The van der Waals surface area contributed by atoms with E-state index in [0.29, 0.717) is 6.54 Å². The molecular weight excluding hydrogens is 466 g/mol. The number of guanidine groups is 1. The van der Waals surface area contributed by atoms with Gasteiger partial charge in [0.2, 0.25) is 0 Å². The van der Waals surface area contributed by atoms with Gasteiger partial charge in [0, 0.05) is 62.4 Å². The predicted molar refractivity (Wildman–Crippen MR) is 149 cm³/mol. The second-order valence-electron chi connectivity index (χ2n) is 9.37. The lowest BCUT2D eigenvalue weighted by atomic mass is 10.1. The SMILES string of the molecule is NC(N)=NCCCNCc1ccc(N2C=C3C=C(c4cccc(N5CCNCC5)c4)NC3NC2=O)cc1. The zero-order valence-electron chi connectivity index (χ0n) is 20.9. The maximum absolute atomic E-state index is 12.9. The number of piperazine rings is 1. The first-order valence-electron chi connectivity index (χ1n) is 12.8. The Balaban J connectivity index is 1.23. The van der Waals surface area contributed by atoms with Crippen molar-refractivity contribution in [3.63, 3.8) is 0 Å². The third-order valence-corrected chi connectivity index (χ3v) is 6.70. The lowest BCUT2D eigenvalue weighted by Gasteiger charge is -2.30. The smallest absolute Gasteiger partial charge is 0.327 e. The van der Waals surface area contributed by atoms with Crippen molar-refractivity contribution in [3.05, 3.63) is 77.5 Å². The number of amides is 2. The molecule has 1 fully saturated rings. The number of carbonyl (C=O) groups is 1. The van der Waals surface area contributed by atoms with Gasteiger partial charge in [-0.25, -0.2) is 4.79 Å². The van der Waals surface area contributed by atoms with Crippen LogP contribution < -0.4 is 42.5 Å². The van der Waals surface area contributed by atoms with Crippen molar-refractivity contribution in [2.24, 2.45) is 16.5 Å². The number of urea groups is 1. The number of nitrogens with one attached hydrogen (secondary N) is 4. The molecule has 194 valence electrons. The fourth-order valence-electron chi connectivity index (χ4n) is 4.73. The molecular formula is C27H35N9O. The van der Waals surface area contributed by atoms with Crippen molar-refractivity contribution in [1.82, 2.24) is 21.3 Å². The van der Waals surface area contributed by atoms with E-state index in [9.17, 15) is 4.79 Å². The van der Waals surface area contributed by atoms with Crippen LogP contribution in [0, 0.1) is 0 Å². The minimum absolute atomic E-state index is 0.124. The molecule has 1 saturated heterocycles. The van der Waals surface area contributed by atoms with E-state index >= 15 is 0 Å². The van der Waals surface area contributed by atoms with Gasteiger partial charge in [0.25, 0.3) is 0 Å². The van der Waals surface area contributed by atoms with Crippen LogP contribution in [-0.4, -0.2) is 57.4 Å². The highest BCUT2D eigenvalue weighted by Crippen LogP contribution is 2.29. The molecule has 5 rings (SSSR count). The van der Waals surface area contributed by atoms with E-state index < -0.39 is 0 Å². The summed E-state index contributed by atoms with van der Waals surface area (Å²) in [6.45, 7) is 6.17. The molecule has 2 aromatic carbocycles. The van der Waals surface area contributed by atoms with Crippen LogP contribution in [-0.2, 0) is 6.54 Å². The molecule has 0 saturated carbocycles. The van der Waals surface area contributed by atoms with E-state index in [2.05, 4.69) is 61.5 Å². The number of fused-ring (bicyclic) bond motifs is 1. The lowest BCUT2D eigenvalue weighted by molar-refractivity contribution is 0.244. The Kier molecular flexibility index (Phi) is 7.57. The summed E-state index contributed by atoms with van der Waals surface area (Å²) in [4.78, 5) is 20.9. The normalized spacial score (nSPS) is 18.9. The number of benzene rings is 2. The van der Waals surface area contributed by atoms with Gasteiger partial charge in [-0.05, 0) is 54.4 Å². The van der Waals surface area contributed by atoms with Gasteiger partial charge in [0.1, 0.15) is 6.17 Å². The standard InChI is InChI=1S/C27H35N9O/c28-26(29)32-10-2-9-31-17-19-5-7-22(8-6-19)36-18-21-16-24(33-25(21)34-27(36)37)20-3-1-4-23(15-20)35-13-11-30-12-14-35/h1,3-8,15-16,18,25,30-31,33H,2,9-14,17H2,(H,34,37)(H4,28,29,32). The van der Waals surface area contributed by atoms with Gasteiger partial charge in [-0.1, -0.05) is 24.3 Å². The zero-order chi connectivity index (χ0) is 25.6. The predicted octanol–water partition coefficient (Wildman–Crippen LogP) is 1.23. The van der Waals surface area contributed by atoms with E-state index in [1.54, 1.807) is 4.90 Å². The van der Waals surface area contributed by atoms with Crippen LogP contribution in [0.15, 0.2) is 71.4 Å². The number of hydrogen-bond donors (Lipinski definition) is 6. The zero-order valence-corrected chi connectivity index (χ0v) is 20.9. The third kappa shape index (κ3) is 6.04. The summed E-state index contributed by atoms with van der Waals surface area (Å²) in [7, 11) is 0. The molecule has 0 aromatic heterocycles. The van der Waals surface area contributed by atoms with Crippen molar-refractivity contribution in [1.29, 1.82) is 0 Å². The molecule has 37 heavy (non-hydrogen) atoms. The van der Waals surface area contributed by atoms with Crippen molar-refractivity contribution in [3.8, 4) is 0 Å². The summed E-state index contributed by atoms with van der Waals surface area (Å²) in [6, 6.07) is 16.4. The van der Waals surface area contributed by atoms with E-state index in [-0.39, 0.29) is 18.2 Å². The number of hydrogen-bond acceptors (Lipinski definition) is 6. The van der Waals surface area contributed by atoms with Crippen LogP contribution in [0.3, 0.4) is 0 Å². The fraction of sp³-hybridized carbons (Fsp3) is 0.333. The van der Waals surface area contributed by atoms with Gasteiger partial charge in [0.15, 0.2) is 5.96 Å². The molecule has 1 atom stereocenters. The molecule has 1 unspecified atom stereocenters. The van der Waals surface area contributed by atoms with E-state index in [1.807, 2.05) is 30.5 Å². The highest BCUT2D eigenvalue weighted by molar-refractivity contribution is 5.96. The van der Waals surface area contributed by atoms with Crippen LogP contribution in [0.4, 0.5) is 16.2 Å². The summed E-state index contributed by atoms with van der Waals surface area (Å²) < 4.78 is 0. The van der Waals surface area contributed by atoms with Crippen molar-refractivity contribution >= 4 is 29.1 Å². The summed E-state index contributed by atoms with van der Waals surface area (Å²) in [5.41, 5.74) is 17.0. The van der Waals surface area contributed by atoms with Crippen LogP contribution in [0.2, 0.25) is 0 Å². The van der Waals surface area contributed by atoms with Gasteiger partial charge in [-0.15, -0.1) is 0 Å². The average molecular weight is 502 g/mol. The quantitative estimate of drug-likeness (QED) is 0.173. The highest BCUT2D eigenvalue weighted by Gasteiger charge is 2.31. The van der Waals surface area contributed by atoms with Crippen LogP contribution in [0.5, 0.6) is 0 Å². The van der Waals surface area contributed by atoms with Gasteiger partial charge in [0.05, 0.1) is 5.69 Å². The molecule has 10 heteroatoms. The minimum atomic E-state index is -0.232. The molecule has 2 amide bonds. The van der Waals surface area contributed by atoms with E-state index in [1.165, 1.54) is 5.69 Å². The number of nitrogens with zero attached hydrogens (tertiary/aromatic N) is 3. The Labute approximate surface area is 217 Å². The highest BCUT2D eigenvalue weighted by atomic mass is 16.2. The van der Waals surface area contributed by atoms with Gasteiger partial charge in [-0.2, -0.15) is 0 Å². The molecule has 8 N–H and O–H groups in total. The number of nitrogens with two attached hydrogens (primary N) is 2. The minimum Gasteiger partial charge on any atom is -0.370 e. The Morgan fingerprint density at radius 1 is 1.05 bits per heavy atom. The number of aliphatic imine (C=N–C) groups is 1. The summed E-state index contributed by atoms with van der Waals surface area (Å²) >= 11 is 0. The van der Waals surface area contributed by atoms with E-state index in [0.717, 1.165) is 73.8 Å². The summed E-state index contributed by atoms with van der Waals surface area (Å²) in [6.07, 6.45) is 4.67. The molecule has 0 spiro atoms. The van der Waals surface area contributed by atoms with Crippen molar-refractivity contribution < 1.29 is 4.79 Å². The summed E-state index contributed by atoms with van der Waals surface area (Å²) in [5, 5.41) is 13.3. The first kappa shape index (κ1) is 24.7. The monoisotopic (exact) mass is 501 g/mol. The first-order valence-corrected chi connectivity index (χ1v) is 12.8. The molecule has 10 nitrogen and oxygen atoms in total. The average Bonchev–Trinajstić information content (AvgIpc) is 3.34. The Morgan fingerprint density at radius 3 is 2.65 bits per heavy atom. The summed E-state index contributed by atoms with van der Waals surface area (Å²) in [5.74, 6) is 0.124. The molecule has 3 aliphatic heterocycles. The Bertz CT molecular complexity index is 1190. The maximum atomic E-state index is 12.9. The Morgan fingerprint density at radius 2 is 1.86 bits per heavy atom. The van der Waals surface area contributed by atoms with Gasteiger partial charge < -0.3 is 37.6 Å². The maximum Gasteiger partial charge on any atom is 0.327 e. The number of carbonyl (C=O) groups excluding carboxylic acids is 1. The third-order valence-electron chi connectivity index (χ3n) is 6.70. The van der Waals surface area contributed by atoms with Gasteiger partial charge >= 0.3 is 6.03 Å². The van der Waals surface area contributed by atoms with Crippen molar-refractivity contribution in [2.75, 3.05) is 49.1 Å². The molecule has 3 heterocycles. The number of rotatable bonds is 9. The molecule has 0 bridgehead atoms. The van der Waals surface area contributed by atoms with Crippen molar-refractivity contribution in [2.45, 2.75) is 19.1 Å². The largest absolute Gasteiger partial charge is 0.370 e. The topological polar surface area (TPSA) is 136 Å². The fourth-order valence-corrected chi connectivity index (χ4v) is 4.73. The molecule has 2 aromatic rings. The van der Waals surface area contributed by atoms with Gasteiger partial charge in [-0.3, -0.25) is 9.89 Å². The molecule has 0 aliphatic carbocycles. The second kappa shape index (κ2) is 11.4. The van der Waals surface area contributed by atoms with Crippen LogP contribution >= 0.6 is 0 Å². The second-order valence-corrected chi connectivity index (χ2v) is 9.37. The van der Waals surface area contributed by atoms with E-state index in [4.69, 9.17) is 11.5 Å². The van der Waals surface area contributed by atoms with Crippen LogP contribution in [0.25, 0.3) is 5.70 Å². The van der Waals surface area contributed by atoms with Crippen LogP contribution in [0.1, 0.15) is 17.5 Å². The molecule has 3 aliphatic rings. The lowest BCUT2D eigenvalue weighted by Crippen LogP contribution is -2.51. The molecule has 0 radical (unpaired) electrons.